The summed E-state index contributed by atoms with van der Waals surface area (Å²) < 4.78 is 0. The number of aromatic nitrogens is 1. The first kappa shape index (κ1) is 19.8. The Hall–Kier alpha value is -3.45. The topological polar surface area (TPSA) is 89.3 Å². The van der Waals surface area contributed by atoms with Crippen LogP contribution in [-0.4, -0.2) is 28.4 Å². The van der Waals surface area contributed by atoms with Crippen LogP contribution in [0.2, 0.25) is 0 Å². The van der Waals surface area contributed by atoms with Crippen molar-refractivity contribution in [2.24, 2.45) is 0 Å². The number of aryl methyl sites for hydroxylation is 2. The largest absolute Gasteiger partial charge is 0.510 e. The predicted octanol–water partition coefficient (Wildman–Crippen LogP) is 5.15. The fourth-order valence-corrected chi connectivity index (χ4v) is 4.30. The third-order valence-electron chi connectivity index (χ3n) is 5.10. The molecule has 0 fully saturated rings. The molecule has 0 aliphatic carbocycles. The van der Waals surface area contributed by atoms with Gasteiger partial charge in [-0.1, -0.05) is 18.2 Å². The van der Waals surface area contributed by atoms with Gasteiger partial charge < -0.3 is 15.3 Å². The summed E-state index contributed by atoms with van der Waals surface area (Å²) in [5, 5.41) is 24.6. The Morgan fingerprint density at radius 2 is 2.00 bits per heavy atom. The number of anilines is 2. The molecule has 2 heterocycles. The fraction of sp³-hybridized carbons (Fsp3) is 0.174. The minimum atomic E-state index is -0.160. The van der Waals surface area contributed by atoms with E-state index in [9.17, 15) is 9.90 Å². The zero-order valence-corrected chi connectivity index (χ0v) is 17.8. The molecule has 1 aromatic heterocycles. The highest BCUT2D eigenvalue weighted by Gasteiger charge is 2.31. The number of rotatable bonds is 4. The van der Waals surface area contributed by atoms with Gasteiger partial charge in [0.15, 0.2) is 0 Å². The monoisotopic (exact) mass is 418 g/mol. The maximum absolute atomic E-state index is 11.3. The first-order valence-corrected chi connectivity index (χ1v) is 10.4. The quantitative estimate of drug-likeness (QED) is 0.546. The summed E-state index contributed by atoms with van der Waals surface area (Å²) >= 11 is 1.41. The second-order valence-electron chi connectivity index (χ2n) is 7.32. The van der Waals surface area contributed by atoms with Gasteiger partial charge in [0.2, 0.25) is 5.91 Å². The molecular formula is C23H22N4O2S. The van der Waals surface area contributed by atoms with Gasteiger partial charge in [0.05, 0.1) is 17.8 Å². The molecule has 7 heteroatoms. The third kappa shape index (κ3) is 3.71. The molecule has 6 nitrogen and oxygen atoms in total. The van der Waals surface area contributed by atoms with E-state index in [0.29, 0.717) is 16.3 Å². The fourth-order valence-electron chi connectivity index (χ4n) is 3.40. The molecule has 0 spiro atoms. The molecule has 1 amide bonds. The molecule has 0 bridgehead atoms. The summed E-state index contributed by atoms with van der Waals surface area (Å²) in [6, 6.07) is 13.4. The second-order valence-corrected chi connectivity index (χ2v) is 8.18. The number of carbonyl (C=O) groups is 1. The minimum absolute atomic E-state index is 0.117. The van der Waals surface area contributed by atoms with Gasteiger partial charge in [-0.05, 0) is 49.2 Å². The number of amidine groups is 1. The lowest BCUT2D eigenvalue weighted by Crippen LogP contribution is -2.26. The first-order chi connectivity index (χ1) is 14.3. The molecule has 0 radical (unpaired) electrons. The average Bonchev–Trinajstić information content (AvgIpc) is 3.28. The van der Waals surface area contributed by atoms with Gasteiger partial charge in [0.1, 0.15) is 16.6 Å². The van der Waals surface area contributed by atoms with Crippen molar-refractivity contribution in [3.05, 3.63) is 69.7 Å². The standard InChI is InChI=1S/C23H22N4O2S/c1-13-7-8-16(9-14(13)2)19-12-30-23(26-19)21-20(29)11-27(22(21)24)18-6-4-5-17(10-18)25-15(3)28/h4-10,12,24,29H,11H2,1-3H3,(H,25,28). The summed E-state index contributed by atoms with van der Waals surface area (Å²) in [5.41, 5.74) is 6.08. The lowest BCUT2D eigenvalue weighted by Gasteiger charge is -2.19. The molecular weight excluding hydrogens is 396 g/mol. The Labute approximate surface area is 179 Å². The van der Waals surface area contributed by atoms with Crippen molar-refractivity contribution < 1.29 is 9.90 Å². The maximum atomic E-state index is 11.3. The third-order valence-corrected chi connectivity index (χ3v) is 5.96. The summed E-state index contributed by atoms with van der Waals surface area (Å²) in [7, 11) is 0. The second kappa shape index (κ2) is 7.76. The molecule has 3 N–H and O–H groups in total. The molecule has 30 heavy (non-hydrogen) atoms. The number of hydrogen-bond donors (Lipinski definition) is 3. The number of aliphatic hydroxyl groups excluding tert-OH is 1. The summed E-state index contributed by atoms with van der Waals surface area (Å²) in [4.78, 5) is 17.7. The molecule has 4 rings (SSSR count). The Morgan fingerprint density at radius 1 is 1.20 bits per heavy atom. The van der Waals surface area contributed by atoms with Gasteiger partial charge in [-0.2, -0.15) is 0 Å². The Morgan fingerprint density at radius 3 is 2.73 bits per heavy atom. The SMILES string of the molecule is CC(=O)Nc1cccc(N2CC(O)=C(c3nc(-c4ccc(C)c(C)c4)cs3)C2=N)c1. The molecule has 2 aromatic carbocycles. The molecule has 0 unspecified atom stereocenters. The van der Waals surface area contributed by atoms with Gasteiger partial charge in [0, 0.05) is 29.2 Å². The minimum Gasteiger partial charge on any atom is -0.510 e. The Kier molecular flexibility index (Phi) is 5.13. The van der Waals surface area contributed by atoms with E-state index >= 15 is 0 Å². The Bertz CT molecular complexity index is 1200. The zero-order chi connectivity index (χ0) is 21.4. The number of nitrogens with zero attached hydrogens (tertiary/aromatic N) is 2. The van der Waals surface area contributed by atoms with E-state index in [0.717, 1.165) is 16.9 Å². The van der Waals surface area contributed by atoms with Crippen LogP contribution in [0.1, 0.15) is 23.1 Å². The van der Waals surface area contributed by atoms with E-state index < -0.39 is 0 Å². The number of hydrogen-bond acceptors (Lipinski definition) is 5. The summed E-state index contributed by atoms with van der Waals surface area (Å²) in [6.07, 6.45) is 0. The molecule has 3 aromatic rings. The van der Waals surface area contributed by atoms with Gasteiger partial charge >= 0.3 is 0 Å². The first-order valence-electron chi connectivity index (χ1n) is 9.53. The van der Waals surface area contributed by atoms with Crippen molar-refractivity contribution in [1.29, 1.82) is 5.41 Å². The lowest BCUT2D eigenvalue weighted by molar-refractivity contribution is -0.114. The van der Waals surface area contributed by atoms with Crippen molar-refractivity contribution in [2.45, 2.75) is 20.8 Å². The van der Waals surface area contributed by atoms with Crippen LogP contribution in [0.4, 0.5) is 11.4 Å². The summed E-state index contributed by atoms with van der Waals surface area (Å²) in [5.74, 6) is 0.145. The average molecular weight is 419 g/mol. The van der Waals surface area contributed by atoms with Crippen molar-refractivity contribution in [1.82, 2.24) is 4.98 Å². The maximum Gasteiger partial charge on any atom is 0.221 e. The van der Waals surface area contributed by atoms with Crippen LogP contribution in [0.15, 0.2) is 53.6 Å². The number of benzene rings is 2. The van der Waals surface area contributed by atoms with Crippen molar-refractivity contribution in [3.63, 3.8) is 0 Å². The van der Waals surface area contributed by atoms with Gasteiger partial charge in [-0.3, -0.25) is 10.2 Å². The van der Waals surface area contributed by atoms with Crippen LogP contribution < -0.4 is 10.2 Å². The van der Waals surface area contributed by atoms with E-state index in [1.165, 1.54) is 29.4 Å². The van der Waals surface area contributed by atoms with E-state index in [2.05, 4.69) is 31.3 Å². The van der Waals surface area contributed by atoms with Gasteiger partial charge in [0.25, 0.3) is 0 Å². The zero-order valence-electron chi connectivity index (χ0n) is 17.0. The van der Waals surface area contributed by atoms with E-state index in [1.807, 2.05) is 23.6 Å². The predicted molar refractivity (Wildman–Crippen MR) is 122 cm³/mol. The molecule has 0 saturated carbocycles. The lowest BCUT2D eigenvalue weighted by atomic mass is 10.1. The van der Waals surface area contributed by atoms with Crippen LogP contribution in [0.25, 0.3) is 16.8 Å². The molecule has 152 valence electrons. The van der Waals surface area contributed by atoms with E-state index in [4.69, 9.17) is 10.4 Å². The van der Waals surface area contributed by atoms with Crippen molar-refractivity contribution >= 4 is 40.0 Å². The molecule has 1 aliphatic rings. The van der Waals surface area contributed by atoms with Crippen LogP contribution in [0.5, 0.6) is 0 Å². The van der Waals surface area contributed by atoms with Gasteiger partial charge in [-0.15, -0.1) is 11.3 Å². The number of amides is 1. The number of aliphatic hydroxyl groups is 1. The van der Waals surface area contributed by atoms with Crippen LogP contribution in [-0.2, 0) is 4.79 Å². The highest BCUT2D eigenvalue weighted by molar-refractivity contribution is 7.11. The molecule has 0 atom stereocenters. The van der Waals surface area contributed by atoms with E-state index in [1.54, 1.807) is 17.0 Å². The highest BCUT2D eigenvalue weighted by atomic mass is 32.1. The van der Waals surface area contributed by atoms with E-state index in [-0.39, 0.29) is 24.0 Å². The Balaban J connectivity index is 1.61. The summed E-state index contributed by atoms with van der Waals surface area (Å²) in [6.45, 7) is 5.78. The van der Waals surface area contributed by atoms with Gasteiger partial charge in [-0.25, -0.2) is 4.98 Å². The molecule has 1 aliphatic heterocycles. The van der Waals surface area contributed by atoms with Crippen LogP contribution in [0.3, 0.4) is 0 Å². The van der Waals surface area contributed by atoms with Crippen molar-refractivity contribution in [2.75, 3.05) is 16.8 Å². The number of thiazole rings is 1. The van der Waals surface area contributed by atoms with Crippen molar-refractivity contribution in [3.8, 4) is 11.3 Å². The highest BCUT2D eigenvalue weighted by Crippen LogP contribution is 2.35. The van der Waals surface area contributed by atoms with Crippen LogP contribution >= 0.6 is 11.3 Å². The smallest absolute Gasteiger partial charge is 0.221 e. The normalized spacial score (nSPS) is 13.8. The number of nitrogens with one attached hydrogen (secondary N) is 2. The molecule has 0 saturated heterocycles. The number of carbonyl (C=O) groups excluding carboxylic acids is 1. The van der Waals surface area contributed by atoms with Crippen LogP contribution in [0, 0.1) is 19.3 Å².